The van der Waals surface area contributed by atoms with Gasteiger partial charge in [-0.25, -0.2) is 0 Å². The van der Waals surface area contributed by atoms with Crippen LogP contribution in [-0.2, 0) is 6.42 Å². The first-order valence-electron chi connectivity index (χ1n) is 7.81. The average molecular weight is 329 g/mol. The van der Waals surface area contributed by atoms with Crippen molar-refractivity contribution in [3.63, 3.8) is 0 Å². The standard InChI is InChI=1S/C19H23NO4/c1-22-15-11-9-14(10-12-15)6-5-13-20-19(21)16-7-4-8-17(23-2)18(16)24-3/h4,7-12H,5-6,13H2,1-3H3,(H,20,21). The molecule has 0 saturated heterocycles. The SMILES string of the molecule is COc1ccc(CCCNC(=O)c2cccc(OC)c2OC)cc1. The number of carbonyl (C=O) groups excluding carboxylic acids is 1. The van der Waals surface area contributed by atoms with E-state index in [2.05, 4.69) is 5.32 Å². The summed E-state index contributed by atoms with van der Waals surface area (Å²) in [5, 5.41) is 2.92. The lowest BCUT2D eigenvalue weighted by atomic mass is 10.1. The third-order valence-electron chi connectivity index (χ3n) is 3.73. The van der Waals surface area contributed by atoms with Crippen molar-refractivity contribution in [3.8, 4) is 17.2 Å². The van der Waals surface area contributed by atoms with E-state index in [1.807, 2.05) is 24.3 Å². The van der Waals surface area contributed by atoms with Gasteiger partial charge in [-0.15, -0.1) is 0 Å². The molecule has 5 heteroatoms. The summed E-state index contributed by atoms with van der Waals surface area (Å²) < 4.78 is 15.6. The molecule has 2 aromatic rings. The van der Waals surface area contributed by atoms with Gasteiger partial charge in [0.05, 0.1) is 26.9 Å². The monoisotopic (exact) mass is 329 g/mol. The fourth-order valence-corrected chi connectivity index (χ4v) is 2.45. The Morgan fingerprint density at radius 2 is 1.71 bits per heavy atom. The van der Waals surface area contributed by atoms with Crippen LogP contribution in [0.15, 0.2) is 42.5 Å². The molecular weight excluding hydrogens is 306 g/mol. The number of para-hydroxylation sites is 1. The summed E-state index contributed by atoms with van der Waals surface area (Å²) in [6, 6.07) is 13.2. The third-order valence-corrected chi connectivity index (χ3v) is 3.73. The summed E-state index contributed by atoms with van der Waals surface area (Å²) in [6.45, 7) is 0.589. The van der Waals surface area contributed by atoms with Crippen molar-refractivity contribution in [2.75, 3.05) is 27.9 Å². The summed E-state index contributed by atoms with van der Waals surface area (Å²) in [5.41, 5.74) is 1.69. The van der Waals surface area contributed by atoms with E-state index in [1.54, 1.807) is 32.4 Å². The van der Waals surface area contributed by atoms with E-state index in [0.29, 0.717) is 23.6 Å². The van der Waals surface area contributed by atoms with Gasteiger partial charge >= 0.3 is 0 Å². The molecule has 0 unspecified atom stereocenters. The molecule has 0 aliphatic rings. The quantitative estimate of drug-likeness (QED) is 0.756. The van der Waals surface area contributed by atoms with E-state index in [4.69, 9.17) is 14.2 Å². The molecule has 5 nitrogen and oxygen atoms in total. The Morgan fingerprint density at radius 3 is 2.33 bits per heavy atom. The minimum atomic E-state index is -0.166. The molecule has 2 aromatic carbocycles. The fourth-order valence-electron chi connectivity index (χ4n) is 2.45. The van der Waals surface area contributed by atoms with E-state index in [9.17, 15) is 4.79 Å². The summed E-state index contributed by atoms with van der Waals surface area (Å²) in [6.07, 6.45) is 1.74. The van der Waals surface area contributed by atoms with E-state index >= 15 is 0 Å². The maximum atomic E-state index is 12.3. The maximum Gasteiger partial charge on any atom is 0.255 e. The molecule has 0 aliphatic heterocycles. The van der Waals surface area contributed by atoms with Crippen LogP contribution >= 0.6 is 0 Å². The number of hydrogen-bond donors (Lipinski definition) is 1. The molecule has 1 N–H and O–H groups in total. The highest BCUT2D eigenvalue weighted by Gasteiger charge is 2.15. The minimum absolute atomic E-state index is 0.166. The Hall–Kier alpha value is -2.69. The topological polar surface area (TPSA) is 56.8 Å². The number of aryl methyl sites for hydroxylation is 1. The highest BCUT2D eigenvalue weighted by Crippen LogP contribution is 2.30. The van der Waals surface area contributed by atoms with Crippen LogP contribution in [0.2, 0.25) is 0 Å². The number of nitrogens with one attached hydrogen (secondary N) is 1. The highest BCUT2D eigenvalue weighted by atomic mass is 16.5. The number of methoxy groups -OCH3 is 3. The molecule has 0 bridgehead atoms. The van der Waals surface area contributed by atoms with Gasteiger partial charge in [0.2, 0.25) is 0 Å². The first-order chi connectivity index (χ1) is 11.7. The number of ether oxygens (including phenoxy) is 3. The second-order valence-electron chi connectivity index (χ2n) is 5.25. The van der Waals surface area contributed by atoms with Crippen LogP contribution < -0.4 is 19.5 Å². The highest BCUT2D eigenvalue weighted by molar-refractivity contribution is 5.97. The van der Waals surface area contributed by atoms with Crippen molar-refractivity contribution in [1.82, 2.24) is 5.32 Å². The normalized spacial score (nSPS) is 10.1. The van der Waals surface area contributed by atoms with Crippen molar-refractivity contribution < 1.29 is 19.0 Å². The van der Waals surface area contributed by atoms with Gasteiger partial charge in [-0.2, -0.15) is 0 Å². The fraction of sp³-hybridized carbons (Fsp3) is 0.316. The number of carbonyl (C=O) groups is 1. The smallest absolute Gasteiger partial charge is 0.255 e. The molecule has 0 atom stereocenters. The second kappa shape index (κ2) is 8.82. The Bertz CT molecular complexity index is 668. The van der Waals surface area contributed by atoms with Gasteiger partial charge in [0, 0.05) is 6.54 Å². The molecule has 0 radical (unpaired) electrons. The van der Waals surface area contributed by atoms with Crippen molar-refractivity contribution in [3.05, 3.63) is 53.6 Å². The largest absolute Gasteiger partial charge is 0.497 e. The molecule has 128 valence electrons. The molecule has 1 amide bonds. The van der Waals surface area contributed by atoms with Gasteiger partial charge in [-0.05, 0) is 42.7 Å². The lowest BCUT2D eigenvalue weighted by Gasteiger charge is -2.12. The van der Waals surface area contributed by atoms with Crippen LogP contribution in [0.5, 0.6) is 17.2 Å². The van der Waals surface area contributed by atoms with Gasteiger partial charge in [-0.1, -0.05) is 18.2 Å². The number of hydrogen-bond acceptors (Lipinski definition) is 4. The first-order valence-corrected chi connectivity index (χ1v) is 7.81. The predicted molar refractivity (Wildman–Crippen MR) is 93.2 cm³/mol. The Balaban J connectivity index is 1.87. The minimum Gasteiger partial charge on any atom is -0.497 e. The van der Waals surface area contributed by atoms with E-state index in [-0.39, 0.29) is 5.91 Å². The Kier molecular flexibility index (Phi) is 6.49. The van der Waals surface area contributed by atoms with Gasteiger partial charge in [0.1, 0.15) is 5.75 Å². The summed E-state index contributed by atoms with van der Waals surface area (Å²) in [5.74, 6) is 1.67. The van der Waals surface area contributed by atoms with Gasteiger partial charge in [0.25, 0.3) is 5.91 Å². The van der Waals surface area contributed by atoms with Crippen molar-refractivity contribution in [2.45, 2.75) is 12.8 Å². The molecule has 2 rings (SSSR count). The van der Waals surface area contributed by atoms with Crippen LogP contribution in [0.3, 0.4) is 0 Å². The number of rotatable bonds is 8. The lowest BCUT2D eigenvalue weighted by Crippen LogP contribution is -2.25. The van der Waals surface area contributed by atoms with Crippen molar-refractivity contribution in [1.29, 1.82) is 0 Å². The molecule has 0 spiro atoms. The summed E-state index contributed by atoms with van der Waals surface area (Å²) >= 11 is 0. The Morgan fingerprint density at radius 1 is 0.958 bits per heavy atom. The summed E-state index contributed by atoms with van der Waals surface area (Å²) in [7, 11) is 4.73. The number of amides is 1. The van der Waals surface area contributed by atoms with Gasteiger partial charge in [-0.3, -0.25) is 4.79 Å². The van der Waals surface area contributed by atoms with Crippen LogP contribution in [0.1, 0.15) is 22.3 Å². The van der Waals surface area contributed by atoms with E-state index in [1.165, 1.54) is 12.7 Å². The summed E-state index contributed by atoms with van der Waals surface area (Å²) in [4.78, 5) is 12.3. The number of benzene rings is 2. The Labute approximate surface area is 142 Å². The van der Waals surface area contributed by atoms with Gasteiger partial charge < -0.3 is 19.5 Å². The molecular formula is C19H23NO4. The molecule has 0 heterocycles. The molecule has 0 fully saturated rings. The van der Waals surface area contributed by atoms with Crippen LogP contribution in [-0.4, -0.2) is 33.8 Å². The maximum absolute atomic E-state index is 12.3. The van der Waals surface area contributed by atoms with Crippen molar-refractivity contribution in [2.24, 2.45) is 0 Å². The van der Waals surface area contributed by atoms with E-state index < -0.39 is 0 Å². The van der Waals surface area contributed by atoms with E-state index in [0.717, 1.165) is 18.6 Å². The van der Waals surface area contributed by atoms with Gasteiger partial charge in [0.15, 0.2) is 11.5 Å². The van der Waals surface area contributed by atoms with Crippen LogP contribution in [0, 0.1) is 0 Å². The third kappa shape index (κ3) is 4.41. The molecule has 24 heavy (non-hydrogen) atoms. The van der Waals surface area contributed by atoms with Crippen LogP contribution in [0.4, 0.5) is 0 Å². The lowest BCUT2D eigenvalue weighted by molar-refractivity contribution is 0.0949. The molecule has 0 aromatic heterocycles. The zero-order valence-electron chi connectivity index (χ0n) is 14.3. The predicted octanol–water partition coefficient (Wildman–Crippen LogP) is 3.08. The zero-order valence-corrected chi connectivity index (χ0v) is 14.3. The van der Waals surface area contributed by atoms with Crippen LogP contribution in [0.25, 0.3) is 0 Å². The zero-order chi connectivity index (χ0) is 17.4. The molecule has 0 saturated carbocycles. The average Bonchev–Trinajstić information content (AvgIpc) is 2.64. The molecule has 0 aliphatic carbocycles. The second-order valence-corrected chi connectivity index (χ2v) is 5.25. The first kappa shape index (κ1) is 17.7. The van der Waals surface area contributed by atoms with Crippen molar-refractivity contribution >= 4 is 5.91 Å².